The third kappa shape index (κ3) is 2.08. The van der Waals surface area contributed by atoms with Gasteiger partial charge in [0, 0.05) is 0 Å². The molecule has 2 heterocycles. The minimum Gasteiger partial charge on any atom is -0.337 e. The lowest BCUT2D eigenvalue weighted by molar-refractivity contribution is 0.803. The van der Waals surface area contributed by atoms with E-state index in [1.165, 1.54) is 5.56 Å². The summed E-state index contributed by atoms with van der Waals surface area (Å²) in [6.07, 6.45) is 1.88. The molecular formula is C16H13N5. The second-order valence-corrected chi connectivity index (χ2v) is 4.99. The van der Waals surface area contributed by atoms with Gasteiger partial charge in [-0.2, -0.15) is 0 Å². The quantitative estimate of drug-likeness (QED) is 0.611. The lowest BCUT2D eigenvalue weighted by Crippen LogP contribution is -1.94. The number of para-hydroxylation sites is 2. The predicted octanol–water partition coefficient (Wildman–Crippen LogP) is 3.12. The van der Waals surface area contributed by atoms with Crippen molar-refractivity contribution in [3.05, 3.63) is 60.3 Å². The average molecular weight is 275 g/mol. The van der Waals surface area contributed by atoms with E-state index in [4.69, 9.17) is 0 Å². The Kier molecular flexibility index (Phi) is 2.57. The van der Waals surface area contributed by atoms with Crippen molar-refractivity contribution < 1.29 is 0 Å². The molecule has 0 aliphatic carbocycles. The normalized spacial score (nSPS) is 11.1. The molecule has 0 saturated carbocycles. The molecular weight excluding hydrogens is 262 g/mol. The van der Waals surface area contributed by atoms with E-state index in [1.54, 1.807) is 4.68 Å². The summed E-state index contributed by atoms with van der Waals surface area (Å²) < 4.78 is 1.75. The highest BCUT2D eigenvalue weighted by Gasteiger charge is 2.09. The van der Waals surface area contributed by atoms with Crippen molar-refractivity contribution in [1.29, 1.82) is 0 Å². The van der Waals surface area contributed by atoms with Crippen LogP contribution in [0.15, 0.2) is 54.7 Å². The molecule has 4 aromatic rings. The van der Waals surface area contributed by atoms with E-state index in [-0.39, 0.29) is 0 Å². The Labute approximate surface area is 121 Å². The lowest BCUT2D eigenvalue weighted by Gasteiger charge is -1.99. The Balaban J connectivity index is 1.75. The van der Waals surface area contributed by atoms with Crippen molar-refractivity contribution in [2.24, 2.45) is 0 Å². The fraction of sp³-hybridized carbons (Fsp3) is 0.0625. The first kappa shape index (κ1) is 11.8. The van der Waals surface area contributed by atoms with Crippen LogP contribution in [0.4, 0.5) is 0 Å². The summed E-state index contributed by atoms with van der Waals surface area (Å²) in [4.78, 5) is 7.79. The first-order valence-electron chi connectivity index (χ1n) is 6.74. The molecule has 2 aromatic heterocycles. The van der Waals surface area contributed by atoms with E-state index in [2.05, 4.69) is 39.3 Å². The van der Waals surface area contributed by atoms with E-state index in [0.717, 1.165) is 28.2 Å². The fourth-order valence-corrected chi connectivity index (χ4v) is 2.27. The molecule has 1 N–H and O–H groups in total. The number of benzene rings is 2. The van der Waals surface area contributed by atoms with Gasteiger partial charge in [0.1, 0.15) is 5.69 Å². The zero-order chi connectivity index (χ0) is 14.2. The van der Waals surface area contributed by atoms with Crippen molar-refractivity contribution in [3.8, 4) is 17.2 Å². The molecule has 0 aliphatic rings. The standard InChI is InChI=1S/C16H13N5/c1-11-6-8-12(9-7-11)21-10-15(19-20-21)16-17-13-4-2-3-5-14(13)18-16/h2-10H,1H3,(H,17,18). The van der Waals surface area contributed by atoms with Crippen molar-refractivity contribution in [3.63, 3.8) is 0 Å². The molecule has 0 amide bonds. The Morgan fingerprint density at radius 3 is 2.62 bits per heavy atom. The number of nitrogens with one attached hydrogen (secondary N) is 1. The molecule has 0 fully saturated rings. The number of aromatic amines is 1. The van der Waals surface area contributed by atoms with Crippen LogP contribution in [0.5, 0.6) is 0 Å². The molecule has 21 heavy (non-hydrogen) atoms. The van der Waals surface area contributed by atoms with Gasteiger partial charge in [0.2, 0.25) is 0 Å². The number of rotatable bonds is 2. The highest BCUT2D eigenvalue weighted by Crippen LogP contribution is 2.19. The minimum atomic E-state index is 0.728. The number of aryl methyl sites for hydroxylation is 1. The largest absolute Gasteiger partial charge is 0.337 e. The maximum Gasteiger partial charge on any atom is 0.160 e. The molecule has 4 rings (SSSR count). The average Bonchev–Trinajstić information content (AvgIpc) is 3.14. The van der Waals surface area contributed by atoms with E-state index in [9.17, 15) is 0 Å². The molecule has 0 bridgehead atoms. The number of H-pyrrole nitrogens is 1. The molecule has 2 aromatic carbocycles. The second-order valence-electron chi connectivity index (χ2n) is 4.99. The molecule has 0 radical (unpaired) electrons. The van der Waals surface area contributed by atoms with E-state index < -0.39 is 0 Å². The smallest absolute Gasteiger partial charge is 0.160 e. The Morgan fingerprint density at radius 2 is 1.81 bits per heavy atom. The maximum absolute atomic E-state index is 4.53. The lowest BCUT2D eigenvalue weighted by atomic mass is 10.2. The van der Waals surface area contributed by atoms with Crippen LogP contribution in [-0.4, -0.2) is 25.0 Å². The van der Waals surface area contributed by atoms with E-state index in [1.807, 2.05) is 42.6 Å². The summed E-state index contributed by atoms with van der Waals surface area (Å²) in [5.74, 6) is 0.731. The van der Waals surface area contributed by atoms with Gasteiger partial charge < -0.3 is 4.98 Å². The molecule has 0 unspecified atom stereocenters. The number of nitrogens with zero attached hydrogens (tertiary/aromatic N) is 4. The van der Waals surface area contributed by atoms with Crippen LogP contribution in [-0.2, 0) is 0 Å². The first-order chi connectivity index (χ1) is 10.3. The van der Waals surface area contributed by atoms with Crippen molar-refractivity contribution >= 4 is 11.0 Å². The third-order valence-electron chi connectivity index (χ3n) is 3.42. The van der Waals surface area contributed by atoms with Crippen molar-refractivity contribution in [1.82, 2.24) is 25.0 Å². The highest BCUT2D eigenvalue weighted by atomic mass is 15.4. The van der Waals surface area contributed by atoms with Crippen LogP contribution in [0, 0.1) is 6.92 Å². The topological polar surface area (TPSA) is 59.4 Å². The van der Waals surface area contributed by atoms with E-state index >= 15 is 0 Å². The summed E-state index contributed by atoms with van der Waals surface area (Å²) in [6.45, 7) is 2.06. The molecule has 0 atom stereocenters. The number of hydrogen-bond acceptors (Lipinski definition) is 3. The summed E-state index contributed by atoms with van der Waals surface area (Å²) in [6, 6.07) is 16.1. The minimum absolute atomic E-state index is 0.728. The zero-order valence-corrected chi connectivity index (χ0v) is 11.5. The zero-order valence-electron chi connectivity index (χ0n) is 11.5. The molecule has 0 spiro atoms. The molecule has 5 nitrogen and oxygen atoms in total. The summed E-state index contributed by atoms with van der Waals surface area (Å²) in [5.41, 5.74) is 4.85. The summed E-state index contributed by atoms with van der Waals surface area (Å²) in [5, 5.41) is 8.37. The van der Waals surface area contributed by atoms with Gasteiger partial charge in [-0.05, 0) is 31.2 Å². The van der Waals surface area contributed by atoms with Gasteiger partial charge in [-0.25, -0.2) is 9.67 Å². The van der Waals surface area contributed by atoms with Gasteiger partial charge in [0.15, 0.2) is 5.82 Å². The second kappa shape index (κ2) is 4.56. The van der Waals surface area contributed by atoms with Gasteiger partial charge in [0.25, 0.3) is 0 Å². The molecule has 0 saturated heterocycles. The van der Waals surface area contributed by atoms with Gasteiger partial charge in [0.05, 0.1) is 22.9 Å². The van der Waals surface area contributed by atoms with Gasteiger partial charge in [-0.15, -0.1) is 5.10 Å². The van der Waals surface area contributed by atoms with Crippen LogP contribution in [0.25, 0.3) is 28.2 Å². The predicted molar refractivity (Wildman–Crippen MR) is 81.2 cm³/mol. The summed E-state index contributed by atoms with van der Waals surface area (Å²) >= 11 is 0. The Bertz CT molecular complexity index is 869. The van der Waals surface area contributed by atoms with Crippen LogP contribution < -0.4 is 0 Å². The van der Waals surface area contributed by atoms with Gasteiger partial charge >= 0.3 is 0 Å². The molecule has 102 valence electrons. The summed E-state index contributed by atoms with van der Waals surface area (Å²) in [7, 11) is 0. The Morgan fingerprint density at radius 1 is 1.00 bits per heavy atom. The highest BCUT2D eigenvalue weighted by molar-refractivity contribution is 5.78. The monoisotopic (exact) mass is 275 g/mol. The molecule has 0 aliphatic heterocycles. The van der Waals surface area contributed by atoms with Gasteiger partial charge in [-0.3, -0.25) is 0 Å². The number of aromatic nitrogens is 5. The fourth-order valence-electron chi connectivity index (χ4n) is 2.27. The van der Waals surface area contributed by atoms with E-state index in [0.29, 0.717) is 0 Å². The number of imidazole rings is 1. The van der Waals surface area contributed by atoms with Crippen LogP contribution in [0.2, 0.25) is 0 Å². The Hall–Kier alpha value is -2.95. The van der Waals surface area contributed by atoms with Crippen molar-refractivity contribution in [2.75, 3.05) is 0 Å². The van der Waals surface area contributed by atoms with Crippen molar-refractivity contribution in [2.45, 2.75) is 6.92 Å². The third-order valence-corrected chi connectivity index (χ3v) is 3.42. The number of hydrogen-bond donors (Lipinski definition) is 1. The number of fused-ring (bicyclic) bond motifs is 1. The van der Waals surface area contributed by atoms with Crippen LogP contribution >= 0.6 is 0 Å². The van der Waals surface area contributed by atoms with Crippen LogP contribution in [0.1, 0.15) is 5.56 Å². The first-order valence-corrected chi connectivity index (χ1v) is 6.74. The molecule has 5 heteroatoms. The SMILES string of the molecule is Cc1ccc(-n2cc(-c3nc4ccccc4[nH]3)nn2)cc1. The maximum atomic E-state index is 4.53. The van der Waals surface area contributed by atoms with Gasteiger partial charge in [-0.1, -0.05) is 35.0 Å². The van der Waals surface area contributed by atoms with Crippen LogP contribution in [0.3, 0.4) is 0 Å².